The highest BCUT2D eigenvalue weighted by Gasteiger charge is 2.32. The molecule has 0 N–H and O–H groups in total. The lowest BCUT2D eigenvalue weighted by molar-refractivity contribution is 0.467. The summed E-state index contributed by atoms with van der Waals surface area (Å²) in [5.41, 5.74) is 11.7. The Morgan fingerprint density at radius 2 is 0.875 bits per heavy atom. The van der Waals surface area contributed by atoms with E-state index in [-0.39, 0.29) is 0 Å². The van der Waals surface area contributed by atoms with Crippen LogP contribution in [0.1, 0.15) is 44.5 Å². The third kappa shape index (κ3) is 2.73. The summed E-state index contributed by atoms with van der Waals surface area (Å²) >= 11 is 0. The Morgan fingerprint density at radius 1 is 0.469 bits per heavy atom. The van der Waals surface area contributed by atoms with E-state index in [1.54, 1.807) is 0 Å². The summed E-state index contributed by atoms with van der Waals surface area (Å²) in [7, 11) is 0. The molecule has 0 amide bonds. The molecule has 0 aliphatic carbocycles. The molecule has 4 aromatic rings. The Hall–Kier alpha value is -3.78. The fraction of sp³-hybridized carbons (Fsp3) is 0.133. The molecule has 2 heteroatoms. The van der Waals surface area contributed by atoms with E-state index in [0.29, 0.717) is 0 Å². The molecule has 0 bridgehead atoms. The van der Waals surface area contributed by atoms with Crippen molar-refractivity contribution < 1.29 is 9.47 Å². The maximum atomic E-state index is 6.44. The van der Waals surface area contributed by atoms with Crippen LogP contribution in [0.4, 0.5) is 0 Å². The monoisotopic (exact) mass is 416 g/mol. The largest absolute Gasteiger partial charge is 0.456 e. The molecule has 0 aromatic heterocycles. The highest BCUT2D eigenvalue weighted by Crippen LogP contribution is 2.54. The first kappa shape index (κ1) is 18.9. The van der Waals surface area contributed by atoms with Crippen LogP contribution in [0.25, 0.3) is 11.1 Å². The molecule has 6 rings (SSSR count). The molecule has 32 heavy (non-hydrogen) atoms. The second kappa shape index (κ2) is 6.86. The molecule has 2 heterocycles. The molecule has 0 saturated heterocycles. The van der Waals surface area contributed by atoms with E-state index in [9.17, 15) is 0 Å². The van der Waals surface area contributed by atoms with Crippen LogP contribution in [0.15, 0.2) is 72.8 Å². The van der Waals surface area contributed by atoms with E-state index in [1.807, 2.05) is 12.1 Å². The number of hydrogen-bond donors (Lipinski definition) is 0. The number of hydrogen-bond acceptors (Lipinski definition) is 2. The van der Waals surface area contributed by atoms with Crippen molar-refractivity contribution in [3.63, 3.8) is 0 Å². The van der Waals surface area contributed by atoms with Gasteiger partial charge in [-0.15, -0.1) is 0 Å². The Balaban J connectivity index is 1.83. The van der Waals surface area contributed by atoms with Gasteiger partial charge in [-0.25, -0.2) is 0 Å². The lowest BCUT2D eigenvalue weighted by atomic mass is 9.81. The van der Waals surface area contributed by atoms with Gasteiger partial charge in [0.05, 0.1) is 0 Å². The average Bonchev–Trinajstić information content (AvgIpc) is 2.77. The Bertz CT molecular complexity index is 1350. The van der Waals surface area contributed by atoms with Gasteiger partial charge in [-0.1, -0.05) is 48.5 Å². The molecule has 2 nitrogen and oxygen atoms in total. The van der Waals surface area contributed by atoms with E-state index in [4.69, 9.17) is 9.47 Å². The van der Waals surface area contributed by atoms with Crippen LogP contribution in [0, 0.1) is 27.7 Å². The molecule has 156 valence electrons. The first-order valence-corrected chi connectivity index (χ1v) is 11.0. The number of rotatable bonds is 0. The van der Waals surface area contributed by atoms with Crippen molar-refractivity contribution in [1.82, 2.24) is 0 Å². The van der Waals surface area contributed by atoms with Crippen molar-refractivity contribution in [2.45, 2.75) is 27.7 Å². The van der Waals surface area contributed by atoms with Gasteiger partial charge in [-0.2, -0.15) is 0 Å². The number of fused-ring (bicyclic) bond motifs is 4. The van der Waals surface area contributed by atoms with Gasteiger partial charge in [0.1, 0.15) is 23.0 Å². The summed E-state index contributed by atoms with van der Waals surface area (Å²) < 4.78 is 12.9. The third-order valence-electron chi connectivity index (χ3n) is 6.36. The van der Waals surface area contributed by atoms with Crippen molar-refractivity contribution in [3.05, 3.63) is 117 Å². The molecule has 0 saturated carbocycles. The fourth-order valence-electron chi connectivity index (χ4n) is 5.12. The second-order valence-corrected chi connectivity index (χ2v) is 8.86. The van der Waals surface area contributed by atoms with Gasteiger partial charge >= 0.3 is 0 Å². The normalized spacial score (nSPS) is 15.6. The van der Waals surface area contributed by atoms with Crippen LogP contribution in [-0.4, -0.2) is 0 Å². The Kier molecular flexibility index (Phi) is 4.06. The summed E-state index contributed by atoms with van der Waals surface area (Å²) in [5.74, 6) is 3.66. The number of benzene rings is 4. The van der Waals surface area contributed by atoms with Gasteiger partial charge in [0.2, 0.25) is 0 Å². The van der Waals surface area contributed by atoms with E-state index in [0.717, 1.165) is 56.4 Å². The minimum absolute atomic E-state index is 0.893. The predicted molar refractivity (Wildman–Crippen MR) is 130 cm³/mol. The minimum Gasteiger partial charge on any atom is -0.456 e. The number of para-hydroxylation sites is 2. The predicted octanol–water partition coefficient (Wildman–Crippen LogP) is 8.14. The van der Waals surface area contributed by atoms with Crippen LogP contribution >= 0.6 is 0 Å². The Morgan fingerprint density at radius 3 is 1.31 bits per heavy atom. The molecule has 0 spiro atoms. The van der Waals surface area contributed by atoms with Crippen LogP contribution in [0.2, 0.25) is 0 Å². The molecular formula is C30H24O2. The quantitative estimate of drug-likeness (QED) is 0.249. The van der Waals surface area contributed by atoms with E-state index in [2.05, 4.69) is 88.4 Å². The fourth-order valence-corrected chi connectivity index (χ4v) is 5.12. The van der Waals surface area contributed by atoms with Crippen LogP contribution in [0.3, 0.4) is 0 Å². The van der Waals surface area contributed by atoms with Gasteiger partial charge in [0, 0.05) is 33.4 Å². The Labute approximate surface area is 188 Å². The SMILES string of the molecule is Cc1cc(C)c2c(c1)C(=C1c3ccccc3Oc3c(C)cc(C)cc31)c1ccccc1O2. The molecular weight excluding hydrogens is 392 g/mol. The van der Waals surface area contributed by atoms with Crippen molar-refractivity contribution in [3.8, 4) is 23.0 Å². The zero-order valence-electron chi connectivity index (χ0n) is 18.7. The maximum Gasteiger partial charge on any atom is 0.138 e. The minimum atomic E-state index is 0.893. The highest BCUT2D eigenvalue weighted by atomic mass is 16.5. The summed E-state index contributed by atoms with van der Waals surface area (Å²) in [4.78, 5) is 0. The molecule has 0 atom stereocenters. The van der Waals surface area contributed by atoms with Crippen LogP contribution in [0.5, 0.6) is 23.0 Å². The zero-order valence-corrected chi connectivity index (χ0v) is 18.7. The van der Waals surface area contributed by atoms with Crippen molar-refractivity contribution in [2.75, 3.05) is 0 Å². The topological polar surface area (TPSA) is 18.5 Å². The lowest BCUT2D eigenvalue weighted by Gasteiger charge is -2.31. The molecule has 0 fully saturated rings. The first-order chi connectivity index (χ1) is 15.5. The third-order valence-corrected chi connectivity index (χ3v) is 6.36. The van der Waals surface area contributed by atoms with E-state index >= 15 is 0 Å². The van der Waals surface area contributed by atoms with E-state index < -0.39 is 0 Å². The summed E-state index contributed by atoms with van der Waals surface area (Å²) in [5, 5.41) is 0. The van der Waals surface area contributed by atoms with Gasteiger partial charge in [-0.3, -0.25) is 0 Å². The molecule has 4 aromatic carbocycles. The lowest BCUT2D eigenvalue weighted by Crippen LogP contribution is -2.11. The first-order valence-electron chi connectivity index (χ1n) is 11.0. The summed E-state index contributed by atoms with van der Waals surface area (Å²) in [6.07, 6.45) is 0. The van der Waals surface area contributed by atoms with Crippen LogP contribution < -0.4 is 9.47 Å². The van der Waals surface area contributed by atoms with E-state index in [1.165, 1.54) is 22.3 Å². The highest BCUT2D eigenvalue weighted by molar-refractivity contribution is 6.10. The van der Waals surface area contributed by atoms with Crippen molar-refractivity contribution in [1.29, 1.82) is 0 Å². The zero-order chi connectivity index (χ0) is 22.0. The van der Waals surface area contributed by atoms with Gasteiger partial charge in [0.25, 0.3) is 0 Å². The standard InChI is InChI=1S/C30H24O2/c1-17-13-19(3)29-23(15-17)27(21-9-5-7-11-25(21)31-29)28-22-10-6-8-12-26(22)32-30-20(4)14-18(2)16-24(28)30/h5-16H,1-4H3. The molecule has 0 radical (unpaired) electrons. The number of aryl methyl sites for hydroxylation is 4. The van der Waals surface area contributed by atoms with Crippen LogP contribution in [-0.2, 0) is 0 Å². The maximum absolute atomic E-state index is 6.44. The second-order valence-electron chi connectivity index (χ2n) is 8.86. The van der Waals surface area contributed by atoms with Gasteiger partial charge in [-0.05, 0) is 74.2 Å². The van der Waals surface area contributed by atoms with Crippen molar-refractivity contribution in [2.24, 2.45) is 0 Å². The summed E-state index contributed by atoms with van der Waals surface area (Å²) in [6.45, 7) is 8.55. The van der Waals surface area contributed by atoms with Gasteiger partial charge < -0.3 is 9.47 Å². The molecule has 0 unspecified atom stereocenters. The van der Waals surface area contributed by atoms with Gasteiger partial charge in [0.15, 0.2) is 0 Å². The van der Waals surface area contributed by atoms with Crippen molar-refractivity contribution >= 4 is 11.1 Å². The molecule has 2 aliphatic heterocycles. The molecule has 2 aliphatic rings. The average molecular weight is 417 g/mol. The smallest absolute Gasteiger partial charge is 0.138 e. The summed E-state index contributed by atoms with van der Waals surface area (Å²) in [6, 6.07) is 25.6. The number of ether oxygens (including phenoxy) is 2.